The summed E-state index contributed by atoms with van der Waals surface area (Å²) < 4.78 is 36.7. The van der Waals surface area contributed by atoms with E-state index in [2.05, 4.69) is 47.5 Å². The van der Waals surface area contributed by atoms with E-state index in [1.165, 1.54) is 6.20 Å². The Kier molecular flexibility index (Phi) is 14.4. The van der Waals surface area contributed by atoms with Gasteiger partial charge >= 0.3 is 0 Å². The lowest BCUT2D eigenvalue weighted by Gasteiger charge is -2.47. The van der Waals surface area contributed by atoms with Crippen LogP contribution in [-0.2, 0) is 20.9 Å². The summed E-state index contributed by atoms with van der Waals surface area (Å²) in [5, 5.41) is 19.7. The molecule has 0 aliphatic carbocycles. The molecule has 18 nitrogen and oxygen atoms in total. The number of hydrogen-bond donors (Lipinski definition) is 2. The fraction of sp³-hybridized carbons (Fsp3) is 0.474. The summed E-state index contributed by atoms with van der Waals surface area (Å²) in [5.74, 6) is -1.45. The van der Waals surface area contributed by atoms with Crippen molar-refractivity contribution in [3.63, 3.8) is 0 Å². The number of pyridine rings is 2. The van der Waals surface area contributed by atoms with Gasteiger partial charge in [0.25, 0.3) is 11.8 Å². The Morgan fingerprint density at radius 2 is 1.58 bits per heavy atom. The topological polar surface area (TPSA) is 192 Å². The highest BCUT2D eigenvalue weighted by molar-refractivity contribution is 6.05. The van der Waals surface area contributed by atoms with Crippen LogP contribution < -0.4 is 25.2 Å². The summed E-state index contributed by atoms with van der Waals surface area (Å²) in [4.78, 5) is 82.6. The zero-order valence-electron chi connectivity index (χ0n) is 43.4. The summed E-state index contributed by atoms with van der Waals surface area (Å²) in [5.41, 5.74) is 4.39. The lowest BCUT2D eigenvalue weighted by Crippen LogP contribution is -2.62. The number of amides is 5. The number of piperidine rings is 4. The van der Waals surface area contributed by atoms with Crippen molar-refractivity contribution in [1.29, 1.82) is 5.26 Å². The molecule has 11 rings (SSSR count). The Morgan fingerprint density at radius 1 is 0.844 bits per heavy atom. The van der Waals surface area contributed by atoms with E-state index in [1.54, 1.807) is 21.8 Å². The number of rotatable bonds is 13. The van der Waals surface area contributed by atoms with Crippen molar-refractivity contribution in [3.05, 3.63) is 107 Å². The Labute approximate surface area is 445 Å². The Bertz CT molecular complexity index is 3130. The SMILES string of the molecule is CCOc1cc(-c2ccc(N3CCC(CN4CCN(CCC(=O)N5CCC6(CC5)CCN(c5ccc7c(c5)CN(C5CCC(=O)NC5=O)C7=O)CC6)CC4)(NC(=O)c4cc(F)ccc4F)CC3)nc2)c2c(C#N)cnn2c1. The first-order valence-corrected chi connectivity index (χ1v) is 27.1. The molecule has 9 heterocycles. The largest absolute Gasteiger partial charge is 0.492 e. The monoisotopic (exact) mass is 1050 g/mol. The molecule has 5 aromatic rings. The molecule has 3 aromatic heterocycles. The van der Waals surface area contributed by atoms with Gasteiger partial charge in [0.05, 0.1) is 41.2 Å². The van der Waals surface area contributed by atoms with Crippen LogP contribution in [0.5, 0.6) is 5.75 Å². The number of likely N-dealkylation sites (tertiary alicyclic amines) is 1. The number of hydrogen-bond acceptors (Lipinski definition) is 13. The normalized spacial score (nSPS) is 20.8. The maximum Gasteiger partial charge on any atom is 0.255 e. The minimum Gasteiger partial charge on any atom is -0.492 e. The van der Waals surface area contributed by atoms with Gasteiger partial charge in [-0.15, -0.1) is 0 Å². The average Bonchev–Trinajstić information content (AvgIpc) is 4.05. The van der Waals surface area contributed by atoms with Crippen molar-refractivity contribution < 1.29 is 37.5 Å². The highest BCUT2D eigenvalue weighted by atomic mass is 19.1. The number of imide groups is 1. The number of aromatic nitrogens is 3. The minimum absolute atomic E-state index is 0.167. The summed E-state index contributed by atoms with van der Waals surface area (Å²) in [6.45, 7) is 11.3. The molecular formula is C57H64F2N12O6. The first-order valence-electron chi connectivity index (χ1n) is 27.1. The van der Waals surface area contributed by atoms with Gasteiger partial charge in [0, 0.05) is 126 Å². The van der Waals surface area contributed by atoms with Gasteiger partial charge in [-0.25, -0.2) is 18.3 Å². The van der Waals surface area contributed by atoms with E-state index in [-0.39, 0.29) is 35.1 Å². The number of piperazine rings is 1. The van der Waals surface area contributed by atoms with Crippen LogP contribution in [0.3, 0.4) is 0 Å². The average molecular weight is 1050 g/mol. The molecular weight excluding hydrogens is 987 g/mol. The number of ether oxygens (including phenoxy) is 1. The van der Waals surface area contributed by atoms with Gasteiger partial charge in [0.2, 0.25) is 17.7 Å². The Morgan fingerprint density at radius 3 is 2.30 bits per heavy atom. The fourth-order valence-corrected chi connectivity index (χ4v) is 12.6. The van der Waals surface area contributed by atoms with Crippen LogP contribution in [0.2, 0.25) is 0 Å². The van der Waals surface area contributed by atoms with Crippen molar-refractivity contribution in [2.45, 2.75) is 82.8 Å². The molecule has 6 aliphatic heterocycles. The maximum atomic E-state index is 15.0. The van der Waals surface area contributed by atoms with Crippen LogP contribution in [0.25, 0.3) is 16.6 Å². The van der Waals surface area contributed by atoms with Crippen LogP contribution in [-0.4, -0.2) is 160 Å². The van der Waals surface area contributed by atoms with E-state index < -0.39 is 35.0 Å². The lowest BCUT2D eigenvalue weighted by atomic mass is 9.71. The summed E-state index contributed by atoms with van der Waals surface area (Å²) >= 11 is 0. The molecule has 0 bridgehead atoms. The number of anilines is 2. The lowest BCUT2D eigenvalue weighted by molar-refractivity contribution is -0.137. The highest BCUT2D eigenvalue weighted by Crippen LogP contribution is 2.43. The molecule has 1 atom stereocenters. The third-order valence-corrected chi connectivity index (χ3v) is 17.2. The van der Waals surface area contributed by atoms with Crippen LogP contribution >= 0.6 is 0 Å². The van der Waals surface area contributed by atoms with Crippen LogP contribution in [0.4, 0.5) is 20.3 Å². The van der Waals surface area contributed by atoms with Crippen LogP contribution in [0, 0.1) is 28.4 Å². The number of carbonyl (C=O) groups is 5. The molecule has 6 aliphatic rings. The predicted octanol–water partition coefficient (Wildman–Crippen LogP) is 5.39. The van der Waals surface area contributed by atoms with Crippen molar-refractivity contribution in [1.82, 2.24) is 44.8 Å². The molecule has 402 valence electrons. The van der Waals surface area contributed by atoms with Crippen molar-refractivity contribution in [2.24, 2.45) is 5.41 Å². The fourth-order valence-electron chi connectivity index (χ4n) is 12.6. The summed E-state index contributed by atoms with van der Waals surface area (Å²) in [6, 6.07) is 16.3. The Hall–Kier alpha value is -7.50. The predicted molar refractivity (Wildman–Crippen MR) is 282 cm³/mol. The molecule has 5 amide bonds. The van der Waals surface area contributed by atoms with E-state index >= 15 is 0 Å². The van der Waals surface area contributed by atoms with Gasteiger partial charge in [-0.3, -0.25) is 34.2 Å². The second kappa shape index (κ2) is 21.5. The maximum absolute atomic E-state index is 15.0. The summed E-state index contributed by atoms with van der Waals surface area (Å²) in [6.07, 6.45) is 11.1. The smallest absolute Gasteiger partial charge is 0.255 e. The molecule has 5 saturated heterocycles. The van der Waals surface area contributed by atoms with E-state index in [4.69, 9.17) is 9.72 Å². The first kappa shape index (κ1) is 51.6. The van der Waals surface area contributed by atoms with E-state index in [1.807, 2.05) is 42.2 Å². The second-order valence-electron chi connectivity index (χ2n) is 21.7. The number of benzene rings is 2. The number of fused-ring (bicyclic) bond motifs is 2. The first-order chi connectivity index (χ1) is 37.3. The zero-order chi connectivity index (χ0) is 53.4. The van der Waals surface area contributed by atoms with Gasteiger partial charge in [-0.1, -0.05) is 0 Å². The third kappa shape index (κ3) is 10.7. The number of nitriles is 1. The Balaban J connectivity index is 0.658. The second-order valence-corrected chi connectivity index (χ2v) is 21.7. The van der Waals surface area contributed by atoms with E-state index in [0.29, 0.717) is 87.4 Å². The van der Waals surface area contributed by atoms with E-state index in [9.17, 15) is 38.0 Å². The third-order valence-electron chi connectivity index (χ3n) is 17.2. The van der Waals surface area contributed by atoms with Crippen LogP contribution in [0.1, 0.15) is 96.6 Å². The standard InChI is InChI=1S/C57H64F2N12O6/c1-2-77-43-31-45(52-40(32-60)34-62-71(52)36-43)38-3-9-49(61-33-38)68-23-16-57(17-24-68,64-53(74)46-30-41(58)4-7-47(46)59)37-66-27-25-65(26-28-66)18-11-51(73)69-21-14-56(15-22-69)12-19-67(20-13-56)42-5-6-44-39(29-42)35-70(55(44)76)48-8-10-50(72)63-54(48)75/h3-7,9,29-31,33-34,36,48H,2,8,10-28,35,37H2,1H3,(H,64,74)(H,63,72,75). The zero-order valence-corrected chi connectivity index (χ0v) is 43.4. The van der Waals surface area contributed by atoms with Gasteiger partial charge in [0.15, 0.2) is 0 Å². The molecule has 77 heavy (non-hydrogen) atoms. The van der Waals surface area contributed by atoms with Crippen LogP contribution in [0.15, 0.2) is 73.2 Å². The van der Waals surface area contributed by atoms with Crippen molar-refractivity contribution in [3.8, 4) is 22.9 Å². The molecule has 20 heteroatoms. The highest BCUT2D eigenvalue weighted by Gasteiger charge is 2.43. The minimum atomic E-state index is -0.785. The number of carbonyl (C=O) groups excluding carboxylic acids is 5. The molecule has 0 saturated carbocycles. The molecule has 2 N–H and O–H groups in total. The molecule has 5 fully saturated rings. The number of nitrogens with zero attached hydrogens (tertiary/aromatic N) is 10. The van der Waals surface area contributed by atoms with Gasteiger partial charge < -0.3 is 34.6 Å². The van der Waals surface area contributed by atoms with Gasteiger partial charge in [-0.2, -0.15) is 10.4 Å². The molecule has 2 aromatic carbocycles. The van der Waals surface area contributed by atoms with Gasteiger partial charge in [-0.05, 0) is 117 Å². The van der Waals surface area contributed by atoms with Crippen molar-refractivity contribution in [2.75, 3.05) is 94.9 Å². The van der Waals surface area contributed by atoms with Crippen molar-refractivity contribution >= 4 is 46.6 Å². The summed E-state index contributed by atoms with van der Waals surface area (Å²) in [7, 11) is 0. The molecule has 0 radical (unpaired) electrons. The number of nitrogens with one attached hydrogen (secondary N) is 2. The number of halogens is 2. The van der Waals surface area contributed by atoms with Gasteiger partial charge in [0.1, 0.15) is 35.3 Å². The molecule has 1 unspecified atom stereocenters. The quantitative estimate of drug-likeness (QED) is 0.143. The molecule has 1 spiro atoms. The van der Waals surface area contributed by atoms with E-state index in [0.717, 1.165) is 124 Å².